The molecule has 0 aromatic rings. The molecule has 1 saturated carbocycles. The lowest BCUT2D eigenvalue weighted by Crippen LogP contribution is -2.42. The largest absolute Gasteiger partial charge is 0.374 e. The minimum atomic E-state index is 0.295. The molecule has 1 aliphatic carbocycles. The van der Waals surface area contributed by atoms with Gasteiger partial charge in [-0.3, -0.25) is 4.90 Å². The molecule has 2 saturated heterocycles. The zero-order valence-corrected chi connectivity index (χ0v) is 12.4. The number of likely N-dealkylation sites (tertiary alicyclic amines) is 1. The Kier molecular flexibility index (Phi) is 4.42. The second-order valence-electron chi connectivity index (χ2n) is 6.65. The highest BCUT2D eigenvalue weighted by Crippen LogP contribution is 2.36. The SMILES string of the molecule is CN(C)CCO[C@@H]1CN(CC2CC2)[C@H]2CCCO[C@@H]12. The number of nitrogens with zero attached hydrogens (tertiary/aromatic N) is 2. The molecule has 0 aromatic carbocycles. The van der Waals surface area contributed by atoms with Gasteiger partial charge in [-0.1, -0.05) is 0 Å². The van der Waals surface area contributed by atoms with Crippen LogP contribution in [0.1, 0.15) is 25.7 Å². The molecule has 2 aliphatic heterocycles. The van der Waals surface area contributed by atoms with E-state index in [0.29, 0.717) is 18.2 Å². The molecule has 0 N–H and O–H groups in total. The predicted octanol–water partition coefficient (Wildman–Crippen LogP) is 1.21. The summed E-state index contributed by atoms with van der Waals surface area (Å²) in [7, 11) is 4.19. The lowest BCUT2D eigenvalue weighted by molar-refractivity contribution is -0.0785. The minimum Gasteiger partial charge on any atom is -0.374 e. The van der Waals surface area contributed by atoms with Gasteiger partial charge in [0, 0.05) is 32.3 Å². The van der Waals surface area contributed by atoms with Gasteiger partial charge < -0.3 is 14.4 Å². The first-order valence-corrected chi connectivity index (χ1v) is 7.86. The van der Waals surface area contributed by atoms with Crippen LogP contribution in [0.2, 0.25) is 0 Å². The minimum absolute atomic E-state index is 0.295. The first kappa shape index (κ1) is 13.8. The maximum Gasteiger partial charge on any atom is 0.100 e. The highest BCUT2D eigenvalue weighted by atomic mass is 16.5. The molecule has 4 nitrogen and oxygen atoms in total. The van der Waals surface area contributed by atoms with Gasteiger partial charge >= 0.3 is 0 Å². The summed E-state index contributed by atoms with van der Waals surface area (Å²) in [5, 5.41) is 0. The number of fused-ring (bicyclic) bond motifs is 1. The first-order chi connectivity index (χ1) is 9.24. The molecule has 0 amide bonds. The van der Waals surface area contributed by atoms with Gasteiger partial charge in [-0.15, -0.1) is 0 Å². The summed E-state index contributed by atoms with van der Waals surface area (Å²) in [6, 6.07) is 0.624. The summed E-state index contributed by atoms with van der Waals surface area (Å²) in [5.74, 6) is 0.961. The normalized spacial score (nSPS) is 35.8. The van der Waals surface area contributed by atoms with E-state index in [1.54, 1.807) is 0 Å². The molecule has 0 spiro atoms. The number of rotatable bonds is 6. The zero-order valence-electron chi connectivity index (χ0n) is 12.4. The van der Waals surface area contributed by atoms with Crippen LogP contribution in [0.5, 0.6) is 0 Å². The van der Waals surface area contributed by atoms with Crippen LogP contribution in [0, 0.1) is 5.92 Å². The Morgan fingerprint density at radius 1 is 1.26 bits per heavy atom. The summed E-state index contributed by atoms with van der Waals surface area (Å²) in [4.78, 5) is 4.83. The molecule has 110 valence electrons. The number of ether oxygens (including phenoxy) is 2. The average molecular weight is 268 g/mol. The smallest absolute Gasteiger partial charge is 0.100 e. The predicted molar refractivity (Wildman–Crippen MR) is 75.4 cm³/mol. The molecule has 0 unspecified atom stereocenters. The molecule has 2 heterocycles. The van der Waals surface area contributed by atoms with Crippen molar-refractivity contribution in [3.8, 4) is 0 Å². The van der Waals surface area contributed by atoms with Crippen LogP contribution in [0.15, 0.2) is 0 Å². The average Bonchev–Trinajstić information content (AvgIpc) is 3.13. The summed E-state index contributed by atoms with van der Waals surface area (Å²) in [6.45, 7) is 5.10. The van der Waals surface area contributed by atoms with E-state index in [1.807, 2.05) is 0 Å². The highest BCUT2D eigenvalue weighted by Gasteiger charge is 2.45. The summed E-state index contributed by atoms with van der Waals surface area (Å²) in [6.07, 6.45) is 6.00. The maximum absolute atomic E-state index is 6.11. The molecule has 3 aliphatic rings. The van der Waals surface area contributed by atoms with E-state index >= 15 is 0 Å². The van der Waals surface area contributed by atoms with E-state index in [-0.39, 0.29) is 0 Å². The van der Waals surface area contributed by atoms with Crippen LogP contribution in [-0.4, -0.2) is 75.0 Å². The van der Waals surface area contributed by atoms with Crippen molar-refractivity contribution in [2.45, 2.75) is 43.9 Å². The molecule has 19 heavy (non-hydrogen) atoms. The Labute approximate surface area is 117 Å². The molecule has 0 radical (unpaired) electrons. The van der Waals surface area contributed by atoms with Crippen LogP contribution < -0.4 is 0 Å². The fraction of sp³-hybridized carbons (Fsp3) is 1.00. The van der Waals surface area contributed by atoms with Gasteiger partial charge in [-0.2, -0.15) is 0 Å². The Balaban J connectivity index is 1.54. The Hall–Kier alpha value is -0.160. The molecule has 4 heteroatoms. The summed E-state index contributed by atoms with van der Waals surface area (Å²) < 4.78 is 12.1. The van der Waals surface area contributed by atoms with E-state index in [1.165, 1.54) is 32.2 Å². The lowest BCUT2D eigenvalue weighted by Gasteiger charge is -2.32. The number of likely N-dealkylation sites (N-methyl/N-ethyl adjacent to an activating group) is 1. The van der Waals surface area contributed by atoms with Crippen LogP contribution in [0.3, 0.4) is 0 Å². The van der Waals surface area contributed by atoms with E-state index in [9.17, 15) is 0 Å². The van der Waals surface area contributed by atoms with Crippen molar-refractivity contribution in [1.29, 1.82) is 0 Å². The number of hydrogen-bond acceptors (Lipinski definition) is 4. The van der Waals surface area contributed by atoms with E-state index in [0.717, 1.165) is 32.2 Å². The van der Waals surface area contributed by atoms with Crippen molar-refractivity contribution in [3.05, 3.63) is 0 Å². The highest BCUT2D eigenvalue weighted by molar-refractivity contribution is 4.98. The fourth-order valence-electron chi connectivity index (χ4n) is 3.38. The van der Waals surface area contributed by atoms with Crippen molar-refractivity contribution >= 4 is 0 Å². The van der Waals surface area contributed by atoms with Gasteiger partial charge in [0.2, 0.25) is 0 Å². The molecule has 3 atom stereocenters. The van der Waals surface area contributed by atoms with Crippen LogP contribution >= 0.6 is 0 Å². The monoisotopic (exact) mass is 268 g/mol. The van der Waals surface area contributed by atoms with Crippen molar-refractivity contribution in [3.63, 3.8) is 0 Å². The molecular formula is C15H28N2O2. The van der Waals surface area contributed by atoms with Crippen LogP contribution in [-0.2, 0) is 9.47 Å². The number of hydrogen-bond donors (Lipinski definition) is 0. The standard InChI is InChI=1S/C15H28N2O2/c1-16(2)7-9-18-14-11-17(10-12-5-6-12)13-4-3-8-19-15(13)14/h12-15H,3-11H2,1-2H3/t13-,14+,15+/m0/s1. The van der Waals surface area contributed by atoms with E-state index in [2.05, 4.69) is 23.9 Å². The molecule has 0 bridgehead atoms. The quantitative estimate of drug-likeness (QED) is 0.723. The van der Waals surface area contributed by atoms with E-state index < -0.39 is 0 Å². The van der Waals surface area contributed by atoms with Gasteiger partial charge in [-0.25, -0.2) is 0 Å². The van der Waals surface area contributed by atoms with Gasteiger partial charge in [0.05, 0.1) is 12.7 Å². The van der Waals surface area contributed by atoms with Crippen molar-refractivity contribution in [1.82, 2.24) is 9.80 Å². The topological polar surface area (TPSA) is 24.9 Å². The summed E-state index contributed by atoms with van der Waals surface area (Å²) >= 11 is 0. The maximum atomic E-state index is 6.11. The second kappa shape index (κ2) is 6.08. The molecular weight excluding hydrogens is 240 g/mol. The van der Waals surface area contributed by atoms with Gasteiger partial charge in [0.25, 0.3) is 0 Å². The Morgan fingerprint density at radius 3 is 2.84 bits per heavy atom. The molecule has 3 rings (SSSR count). The Bertz CT molecular complexity index is 294. The molecule has 3 fully saturated rings. The van der Waals surface area contributed by atoms with Crippen molar-refractivity contribution < 1.29 is 9.47 Å². The van der Waals surface area contributed by atoms with Crippen molar-refractivity contribution in [2.24, 2.45) is 5.92 Å². The third kappa shape index (κ3) is 3.48. The van der Waals surface area contributed by atoms with Gasteiger partial charge in [0.15, 0.2) is 0 Å². The van der Waals surface area contributed by atoms with Crippen LogP contribution in [0.4, 0.5) is 0 Å². The molecule has 0 aromatic heterocycles. The fourth-order valence-corrected chi connectivity index (χ4v) is 3.38. The Morgan fingerprint density at radius 2 is 2.11 bits per heavy atom. The van der Waals surface area contributed by atoms with Gasteiger partial charge in [-0.05, 0) is 45.7 Å². The van der Waals surface area contributed by atoms with Crippen LogP contribution in [0.25, 0.3) is 0 Å². The summed E-state index contributed by atoms with van der Waals surface area (Å²) in [5.41, 5.74) is 0. The first-order valence-electron chi connectivity index (χ1n) is 7.86. The van der Waals surface area contributed by atoms with Crippen molar-refractivity contribution in [2.75, 3.05) is 46.9 Å². The lowest BCUT2D eigenvalue weighted by atomic mass is 10.0. The zero-order chi connectivity index (χ0) is 13.2. The third-order valence-corrected chi connectivity index (χ3v) is 4.64. The van der Waals surface area contributed by atoms with E-state index in [4.69, 9.17) is 9.47 Å². The second-order valence-corrected chi connectivity index (χ2v) is 6.65. The van der Waals surface area contributed by atoms with Gasteiger partial charge in [0.1, 0.15) is 6.10 Å². The third-order valence-electron chi connectivity index (χ3n) is 4.64.